The van der Waals surface area contributed by atoms with Gasteiger partial charge in [-0.05, 0) is 18.1 Å². The summed E-state index contributed by atoms with van der Waals surface area (Å²) >= 11 is 0. The Kier molecular flexibility index (Phi) is 3.88. The Morgan fingerprint density at radius 3 is 2.74 bits per heavy atom. The fraction of sp³-hybridized carbons (Fsp3) is 0.467. The van der Waals surface area contributed by atoms with Crippen LogP contribution in [0.1, 0.15) is 32.3 Å². The van der Waals surface area contributed by atoms with Crippen molar-refractivity contribution in [3.63, 3.8) is 0 Å². The molecule has 2 rings (SSSR count). The van der Waals surface area contributed by atoms with E-state index < -0.39 is 12.0 Å². The molecule has 1 aromatic rings. The molecular weight excluding hydrogens is 242 g/mol. The highest BCUT2D eigenvalue weighted by molar-refractivity contribution is 6.02. The van der Waals surface area contributed by atoms with Crippen molar-refractivity contribution in [1.29, 1.82) is 0 Å². The number of benzene rings is 1. The van der Waals surface area contributed by atoms with E-state index in [1.54, 1.807) is 0 Å². The summed E-state index contributed by atoms with van der Waals surface area (Å²) in [4.78, 5) is 25.3. The van der Waals surface area contributed by atoms with Crippen LogP contribution in [0.4, 0.5) is 5.69 Å². The Labute approximate surface area is 113 Å². The van der Waals surface area contributed by atoms with Crippen molar-refractivity contribution < 1.29 is 14.7 Å². The van der Waals surface area contributed by atoms with Gasteiger partial charge in [0.25, 0.3) is 0 Å². The zero-order valence-electron chi connectivity index (χ0n) is 11.3. The Hall–Kier alpha value is -1.84. The van der Waals surface area contributed by atoms with Crippen LogP contribution in [0.5, 0.6) is 0 Å². The second kappa shape index (κ2) is 5.43. The standard InChI is InChI=1S/C15H19NO3/c1-3-6-10(2)14(17)16-12-8-5-4-7-11(12)9-13(16)15(18)19/h4-5,7-8,10,13H,3,6,9H2,1-2H3,(H,18,19)/t10?,13-/m0/s1. The minimum absolute atomic E-state index is 0.0841. The molecule has 0 aromatic heterocycles. The fourth-order valence-electron chi connectivity index (χ4n) is 2.65. The van der Waals surface area contributed by atoms with Crippen LogP contribution in [-0.4, -0.2) is 23.0 Å². The molecule has 1 aliphatic heterocycles. The molecule has 102 valence electrons. The topological polar surface area (TPSA) is 57.6 Å². The number of rotatable bonds is 4. The molecular formula is C15H19NO3. The highest BCUT2D eigenvalue weighted by atomic mass is 16.4. The van der Waals surface area contributed by atoms with Crippen LogP contribution in [0.15, 0.2) is 24.3 Å². The van der Waals surface area contributed by atoms with E-state index in [-0.39, 0.29) is 11.8 Å². The van der Waals surface area contributed by atoms with Crippen molar-refractivity contribution in [1.82, 2.24) is 0 Å². The number of carbonyl (C=O) groups is 2. The normalized spacial score (nSPS) is 19.1. The van der Waals surface area contributed by atoms with Crippen molar-refractivity contribution >= 4 is 17.6 Å². The van der Waals surface area contributed by atoms with E-state index in [1.807, 2.05) is 38.1 Å². The van der Waals surface area contributed by atoms with Gasteiger partial charge in [0.05, 0.1) is 0 Å². The van der Waals surface area contributed by atoms with E-state index in [9.17, 15) is 14.7 Å². The number of carboxylic acid groups (broad SMARTS) is 1. The molecule has 0 aliphatic carbocycles. The van der Waals surface area contributed by atoms with Crippen molar-refractivity contribution in [2.45, 2.75) is 39.2 Å². The lowest BCUT2D eigenvalue weighted by Crippen LogP contribution is -2.45. The number of nitrogens with zero attached hydrogens (tertiary/aromatic N) is 1. The third-order valence-corrected chi connectivity index (χ3v) is 3.64. The molecule has 4 heteroatoms. The van der Waals surface area contributed by atoms with E-state index in [2.05, 4.69) is 0 Å². The molecule has 0 saturated heterocycles. The maximum atomic E-state index is 12.5. The molecule has 1 N–H and O–H groups in total. The van der Waals surface area contributed by atoms with Crippen LogP contribution in [-0.2, 0) is 16.0 Å². The van der Waals surface area contributed by atoms with Gasteiger partial charge >= 0.3 is 5.97 Å². The Balaban J connectivity index is 2.34. The summed E-state index contributed by atoms with van der Waals surface area (Å²) in [6.45, 7) is 3.89. The summed E-state index contributed by atoms with van der Waals surface area (Å²) in [5, 5.41) is 9.32. The molecule has 1 unspecified atom stereocenters. The molecule has 19 heavy (non-hydrogen) atoms. The smallest absolute Gasteiger partial charge is 0.327 e. The number of amides is 1. The number of para-hydroxylation sites is 1. The van der Waals surface area contributed by atoms with E-state index in [0.717, 1.165) is 24.1 Å². The van der Waals surface area contributed by atoms with Gasteiger partial charge in [-0.3, -0.25) is 9.69 Å². The first-order valence-corrected chi connectivity index (χ1v) is 6.70. The summed E-state index contributed by atoms with van der Waals surface area (Å²) in [7, 11) is 0. The Morgan fingerprint density at radius 2 is 2.11 bits per heavy atom. The van der Waals surface area contributed by atoms with Crippen molar-refractivity contribution in [2.75, 3.05) is 4.90 Å². The van der Waals surface area contributed by atoms with Gasteiger partial charge in [-0.15, -0.1) is 0 Å². The number of fused-ring (bicyclic) bond motifs is 1. The molecule has 2 atom stereocenters. The fourth-order valence-corrected chi connectivity index (χ4v) is 2.65. The van der Waals surface area contributed by atoms with Crippen LogP contribution >= 0.6 is 0 Å². The summed E-state index contributed by atoms with van der Waals surface area (Å²) in [5.74, 6) is -1.16. The molecule has 0 saturated carbocycles. The lowest BCUT2D eigenvalue weighted by molar-refractivity contribution is -0.140. The van der Waals surface area contributed by atoms with E-state index in [4.69, 9.17) is 0 Å². The number of carbonyl (C=O) groups excluding carboxylic acids is 1. The van der Waals surface area contributed by atoms with Gasteiger partial charge in [0.15, 0.2) is 0 Å². The monoisotopic (exact) mass is 261 g/mol. The summed E-state index contributed by atoms with van der Waals surface area (Å²) in [6.07, 6.45) is 2.10. The number of anilines is 1. The van der Waals surface area contributed by atoms with Crippen molar-refractivity contribution in [2.24, 2.45) is 5.92 Å². The average molecular weight is 261 g/mol. The van der Waals surface area contributed by atoms with Gasteiger partial charge in [0.1, 0.15) is 6.04 Å². The molecule has 0 spiro atoms. The summed E-state index contributed by atoms with van der Waals surface area (Å²) in [5.41, 5.74) is 1.69. The number of hydrogen-bond acceptors (Lipinski definition) is 2. The van der Waals surface area contributed by atoms with Crippen LogP contribution in [0.25, 0.3) is 0 Å². The maximum Gasteiger partial charge on any atom is 0.327 e. The van der Waals surface area contributed by atoms with Gasteiger partial charge in [0, 0.05) is 18.0 Å². The van der Waals surface area contributed by atoms with Crippen LogP contribution in [0.3, 0.4) is 0 Å². The highest BCUT2D eigenvalue weighted by Gasteiger charge is 2.39. The maximum absolute atomic E-state index is 12.5. The molecule has 1 aromatic carbocycles. The van der Waals surface area contributed by atoms with Gasteiger partial charge in [-0.25, -0.2) is 4.79 Å². The molecule has 1 aliphatic rings. The Bertz CT molecular complexity index is 498. The van der Waals surface area contributed by atoms with E-state index >= 15 is 0 Å². The Morgan fingerprint density at radius 1 is 1.42 bits per heavy atom. The quantitative estimate of drug-likeness (QED) is 0.905. The van der Waals surface area contributed by atoms with E-state index in [0.29, 0.717) is 6.42 Å². The summed E-state index contributed by atoms with van der Waals surface area (Å²) in [6, 6.07) is 6.68. The minimum Gasteiger partial charge on any atom is -0.480 e. The number of carboxylic acids is 1. The minimum atomic E-state index is -0.937. The van der Waals surface area contributed by atoms with Crippen LogP contribution in [0.2, 0.25) is 0 Å². The molecule has 0 radical (unpaired) electrons. The first kappa shape index (κ1) is 13.6. The van der Waals surface area contributed by atoms with Crippen LogP contribution in [0, 0.1) is 5.92 Å². The third-order valence-electron chi connectivity index (χ3n) is 3.64. The first-order valence-electron chi connectivity index (χ1n) is 6.70. The van der Waals surface area contributed by atoms with Crippen molar-refractivity contribution in [3.05, 3.63) is 29.8 Å². The SMILES string of the molecule is CCCC(C)C(=O)N1c2ccccc2C[C@H]1C(=O)O. The number of aliphatic carboxylic acids is 1. The third kappa shape index (κ3) is 2.48. The molecule has 0 bridgehead atoms. The predicted octanol–water partition coefficient (Wildman–Crippen LogP) is 2.47. The highest BCUT2D eigenvalue weighted by Crippen LogP contribution is 2.33. The lowest BCUT2D eigenvalue weighted by Gasteiger charge is -2.25. The average Bonchev–Trinajstić information content (AvgIpc) is 2.77. The second-order valence-corrected chi connectivity index (χ2v) is 5.08. The zero-order chi connectivity index (χ0) is 14.0. The summed E-state index contributed by atoms with van der Waals surface area (Å²) < 4.78 is 0. The van der Waals surface area contributed by atoms with Gasteiger partial charge in [0.2, 0.25) is 5.91 Å². The molecule has 4 nitrogen and oxygen atoms in total. The van der Waals surface area contributed by atoms with Crippen LogP contribution < -0.4 is 4.90 Å². The lowest BCUT2D eigenvalue weighted by atomic mass is 10.0. The second-order valence-electron chi connectivity index (χ2n) is 5.08. The zero-order valence-corrected chi connectivity index (χ0v) is 11.3. The largest absolute Gasteiger partial charge is 0.480 e. The van der Waals surface area contributed by atoms with E-state index in [1.165, 1.54) is 4.90 Å². The molecule has 1 amide bonds. The molecule has 0 fully saturated rings. The number of hydrogen-bond donors (Lipinski definition) is 1. The van der Waals surface area contributed by atoms with Crippen molar-refractivity contribution in [3.8, 4) is 0 Å². The van der Waals surface area contributed by atoms with Gasteiger partial charge < -0.3 is 5.11 Å². The molecule has 1 heterocycles. The first-order chi connectivity index (χ1) is 9.06. The van der Waals surface area contributed by atoms with Gasteiger partial charge in [-0.2, -0.15) is 0 Å². The van der Waals surface area contributed by atoms with Gasteiger partial charge in [-0.1, -0.05) is 38.5 Å². The predicted molar refractivity (Wildman–Crippen MR) is 73.1 cm³/mol.